The van der Waals surface area contributed by atoms with E-state index in [2.05, 4.69) is 9.71 Å². The Labute approximate surface area is 137 Å². The number of nitrogens with one attached hydrogen (secondary N) is 1. The van der Waals surface area contributed by atoms with Crippen LogP contribution in [0.4, 0.5) is 5.69 Å². The van der Waals surface area contributed by atoms with Crippen LogP contribution in [-0.2, 0) is 10.0 Å². The van der Waals surface area contributed by atoms with Crippen molar-refractivity contribution in [3.05, 3.63) is 52.4 Å². The molecule has 0 aliphatic rings. The summed E-state index contributed by atoms with van der Waals surface area (Å²) >= 11 is 1.05. The molecule has 0 spiro atoms. The van der Waals surface area contributed by atoms with Gasteiger partial charge < -0.3 is 0 Å². The second kappa shape index (κ2) is 5.78. The number of hydrogen-bond donors (Lipinski definition) is 1. The summed E-state index contributed by atoms with van der Waals surface area (Å²) in [6.45, 7) is 3.84. The number of anilines is 1. The third kappa shape index (κ3) is 2.99. The van der Waals surface area contributed by atoms with E-state index in [1.54, 1.807) is 29.0 Å². The number of rotatable bonds is 4. The van der Waals surface area contributed by atoms with Gasteiger partial charge in [0, 0.05) is 12.2 Å². The average Bonchev–Trinajstić information content (AvgIpc) is 2.82. The van der Waals surface area contributed by atoms with Gasteiger partial charge in [-0.05, 0) is 44.2 Å². The minimum absolute atomic E-state index is 0.0206. The van der Waals surface area contributed by atoms with E-state index in [0.717, 1.165) is 16.9 Å². The summed E-state index contributed by atoms with van der Waals surface area (Å²) in [6, 6.07) is 8.00. The quantitative estimate of drug-likeness (QED) is 0.785. The molecule has 0 radical (unpaired) electrons. The molecule has 0 atom stereocenters. The smallest absolute Gasteiger partial charge is 0.296 e. The maximum absolute atomic E-state index is 12.5. The molecule has 0 aliphatic carbocycles. The first-order valence-corrected chi connectivity index (χ1v) is 9.26. The van der Waals surface area contributed by atoms with Gasteiger partial charge in [0.2, 0.25) is 0 Å². The second-order valence-corrected chi connectivity index (χ2v) is 7.98. The number of aromatic nitrogens is 2. The van der Waals surface area contributed by atoms with Crippen LogP contribution >= 0.6 is 11.3 Å². The highest BCUT2D eigenvalue weighted by molar-refractivity contribution is 7.92. The molecule has 0 saturated carbocycles. The van der Waals surface area contributed by atoms with Gasteiger partial charge in [0.1, 0.15) is 0 Å². The van der Waals surface area contributed by atoms with Gasteiger partial charge in [-0.1, -0.05) is 11.3 Å². The molecule has 6 nitrogen and oxygen atoms in total. The monoisotopic (exact) mass is 349 g/mol. The minimum atomic E-state index is -3.72. The highest BCUT2D eigenvalue weighted by atomic mass is 32.2. The number of benzene rings is 1. The summed E-state index contributed by atoms with van der Waals surface area (Å²) in [5.41, 5.74) is 1.14. The molecule has 120 valence electrons. The number of pyridine rings is 1. The van der Waals surface area contributed by atoms with Crippen molar-refractivity contribution in [2.45, 2.75) is 24.8 Å². The van der Waals surface area contributed by atoms with Crippen LogP contribution in [0, 0.1) is 0 Å². The fraction of sp³-hybridized carbons (Fsp3) is 0.200. The predicted molar refractivity (Wildman–Crippen MR) is 91.5 cm³/mol. The molecule has 0 saturated heterocycles. The zero-order valence-corrected chi connectivity index (χ0v) is 14.2. The molecular weight excluding hydrogens is 334 g/mol. The molecule has 1 N–H and O–H groups in total. The number of sulfonamides is 1. The van der Waals surface area contributed by atoms with Crippen molar-refractivity contribution in [3.8, 4) is 0 Å². The standard InChI is InChI=1S/C15H15N3O3S2/c1-10(2)18-13-6-5-12(8-14(13)22-15(18)19)23(20,21)17-11-4-3-7-16-9-11/h3-10,17H,1-2H3. The third-order valence-electron chi connectivity index (χ3n) is 3.33. The highest BCUT2D eigenvalue weighted by Gasteiger charge is 2.17. The van der Waals surface area contributed by atoms with E-state index in [0.29, 0.717) is 10.4 Å². The van der Waals surface area contributed by atoms with E-state index in [-0.39, 0.29) is 15.8 Å². The van der Waals surface area contributed by atoms with E-state index >= 15 is 0 Å². The Balaban J connectivity index is 2.05. The van der Waals surface area contributed by atoms with Crippen LogP contribution in [-0.4, -0.2) is 18.0 Å². The summed E-state index contributed by atoms with van der Waals surface area (Å²) in [7, 11) is -3.72. The molecule has 0 bridgehead atoms. The molecule has 2 aromatic heterocycles. The average molecular weight is 349 g/mol. The normalized spacial score (nSPS) is 12.0. The Morgan fingerprint density at radius 3 is 2.70 bits per heavy atom. The first kappa shape index (κ1) is 15.7. The van der Waals surface area contributed by atoms with Crippen molar-refractivity contribution in [3.63, 3.8) is 0 Å². The maximum Gasteiger partial charge on any atom is 0.308 e. The lowest BCUT2D eigenvalue weighted by atomic mass is 10.3. The number of hydrogen-bond acceptors (Lipinski definition) is 5. The fourth-order valence-corrected chi connectivity index (χ4v) is 4.51. The summed E-state index contributed by atoms with van der Waals surface area (Å²) < 4.78 is 29.7. The maximum atomic E-state index is 12.5. The van der Waals surface area contributed by atoms with Crippen molar-refractivity contribution in [1.82, 2.24) is 9.55 Å². The van der Waals surface area contributed by atoms with Crippen LogP contribution in [0.25, 0.3) is 10.2 Å². The van der Waals surface area contributed by atoms with Gasteiger partial charge in [0.05, 0.1) is 27.0 Å². The van der Waals surface area contributed by atoms with Gasteiger partial charge in [-0.25, -0.2) is 8.42 Å². The molecule has 0 aliphatic heterocycles. The Morgan fingerprint density at radius 2 is 2.04 bits per heavy atom. The summed E-state index contributed by atoms with van der Waals surface area (Å²) in [4.78, 5) is 15.9. The second-order valence-electron chi connectivity index (χ2n) is 5.31. The van der Waals surface area contributed by atoms with Gasteiger partial charge in [-0.3, -0.25) is 19.1 Å². The lowest BCUT2D eigenvalue weighted by molar-refractivity contribution is 0.601. The predicted octanol–water partition coefficient (Wildman–Crippen LogP) is 2.84. The molecule has 0 unspecified atom stereocenters. The van der Waals surface area contributed by atoms with Crippen molar-refractivity contribution >= 4 is 37.3 Å². The Morgan fingerprint density at radius 1 is 1.26 bits per heavy atom. The lowest BCUT2D eigenvalue weighted by Gasteiger charge is -2.09. The molecule has 1 aromatic carbocycles. The van der Waals surface area contributed by atoms with E-state index in [9.17, 15) is 13.2 Å². The van der Waals surface area contributed by atoms with E-state index in [1.165, 1.54) is 18.3 Å². The van der Waals surface area contributed by atoms with Crippen molar-refractivity contribution in [2.24, 2.45) is 0 Å². The van der Waals surface area contributed by atoms with E-state index in [4.69, 9.17) is 0 Å². The largest absolute Gasteiger partial charge is 0.308 e. The fourth-order valence-electron chi connectivity index (χ4n) is 2.31. The first-order valence-electron chi connectivity index (χ1n) is 6.96. The van der Waals surface area contributed by atoms with Gasteiger partial charge in [-0.15, -0.1) is 0 Å². The van der Waals surface area contributed by atoms with Gasteiger partial charge in [0.15, 0.2) is 0 Å². The molecule has 3 aromatic rings. The van der Waals surface area contributed by atoms with E-state index < -0.39 is 10.0 Å². The van der Waals surface area contributed by atoms with Crippen molar-refractivity contribution in [2.75, 3.05) is 4.72 Å². The Bertz CT molecular complexity index is 1010. The SMILES string of the molecule is CC(C)n1c(=O)sc2cc(S(=O)(=O)Nc3cccnc3)ccc21. The summed E-state index contributed by atoms with van der Waals surface area (Å²) in [5.74, 6) is 0. The van der Waals surface area contributed by atoms with Crippen LogP contribution in [0.15, 0.2) is 52.4 Å². The van der Waals surface area contributed by atoms with Crippen LogP contribution in [0.3, 0.4) is 0 Å². The van der Waals surface area contributed by atoms with Crippen LogP contribution < -0.4 is 9.60 Å². The molecule has 2 heterocycles. The van der Waals surface area contributed by atoms with Crippen molar-refractivity contribution in [1.29, 1.82) is 0 Å². The molecule has 23 heavy (non-hydrogen) atoms. The number of nitrogens with zero attached hydrogens (tertiary/aromatic N) is 2. The van der Waals surface area contributed by atoms with Crippen LogP contribution in [0.1, 0.15) is 19.9 Å². The molecule has 8 heteroatoms. The zero-order valence-electron chi connectivity index (χ0n) is 12.6. The van der Waals surface area contributed by atoms with Gasteiger partial charge >= 0.3 is 4.87 Å². The summed E-state index contributed by atoms with van der Waals surface area (Å²) in [5, 5.41) is 0. The highest BCUT2D eigenvalue weighted by Crippen LogP contribution is 2.25. The van der Waals surface area contributed by atoms with Crippen LogP contribution in [0.2, 0.25) is 0 Å². The number of fused-ring (bicyclic) bond motifs is 1. The topological polar surface area (TPSA) is 81.1 Å². The van der Waals surface area contributed by atoms with Crippen LogP contribution in [0.5, 0.6) is 0 Å². The minimum Gasteiger partial charge on any atom is -0.296 e. The number of thiazole rings is 1. The molecule has 0 amide bonds. The molecular formula is C15H15N3O3S2. The van der Waals surface area contributed by atoms with Crippen molar-refractivity contribution < 1.29 is 8.42 Å². The van der Waals surface area contributed by atoms with E-state index in [1.807, 2.05) is 13.8 Å². The zero-order chi connectivity index (χ0) is 16.6. The lowest BCUT2D eigenvalue weighted by Crippen LogP contribution is -2.15. The van der Waals surface area contributed by atoms with Gasteiger partial charge in [0.25, 0.3) is 10.0 Å². The first-order chi connectivity index (χ1) is 10.9. The Kier molecular flexibility index (Phi) is 3.95. The third-order valence-corrected chi connectivity index (χ3v) is 5.62. The van der Waals surface area contributed by atoms with Gasteiger partial charge in [-0.2, -0.15) is 0 Å². The summed E-state index contributed by atoms with van der Waals surface area (Å²) in [6.07, 6.45) is 3.00. The Hall–Kier alpha value is -2.19. The molecule has 0 fully saturated rings. The molecule has 3 rings (SSSR count).